The summed E-state index contributed by atoms with van der Waals surface area (Å²) in [5.74, 6) is 0. The number of hydrogen-bond acceptors (Lipinski definition) is 2. The Kier molecular flexibility index (Phi) is 4.81. The van der Waals surface area contributed by atoms with Crippen molar-refractivity contribution < 1.29 is 4.42 Å². The van der Waals surface area contributed by atoms with Gasteiger partial charge in [-0.3, -0.25) is 0 Å². The van der Waals surface area contributed by atoms with E-state index in [0.29, 0.717) is 0 Å². The lowest BCUT2D eigenvalue weighted by Gasteiger charge is -2.15. The average molecular weight is 374 g/mol. The van der Waals surface area contributed by atoms with Crippen LogP contribution in [0.3, 0.4) is 0 Å². The van der Waals surface area contributed by atoms with E-state index in [1.165, 1.54) is 0 Å². The summed E-state index contributed by atoms with van der Waals surface area (Å²) in [5.41, 5.74) is 3.38. The quantitative estimate of drug-likeness (QED) is 0.384. The highest BCUT2D eigenvalue weighted by Crippen LogP contribution is 2.35. The maximum atomic E-state index is 5.94. The normalized spacial score (nSPS) is 17.7. The molecule has 1 aliphatic rings. The molecule has 1 unspecified atom stereocenters. The van der Waals surface area contributed by atoms with Crippen molar-refractivity contribution in [2.75, 3.05) is 0 Å². The van der Waals surface area contributed by atoms with Crippen LogP contribution in [0.25, 0.3) is 11.0 Å². The Bertz CT molecular complexity index is 1040. The van der Waals surface area contributed by atoms with Gasteiger partial charge in [0.25, 0.3) is 0 Å². The summed E-state index contributed by atoms with van der Waals surface area (Å²) in [6.45, 7) is 0. The minimum Gasteiger partial charge on any atom is -0.492 e. The molecule has 0 saturated heterocycles. The van der Waals surface area contributed by atoms with Crippen molar-refractivity contribution in [3.8, 4) is 0 Å². The van der Waals surface area contributed by atoms with Crippen LogP contribution < -0.4 is 5.21 Å². The maximum absolute atomic E-state index is 5.94. The number of halogens is 1. The highest BCUT2D eigenvalue weighted by atomic mass is 35.5. The van der Waals surface area contributed by atoms with Crippen molar-refractivity contribution in [3.63, 3.8) is 0 Å². The Morgan fingerprint density at radius 1 is 0.741 bits per heavy atom. The van der Waals surface area contributed by atoms with Gasteiger partial charge in [0.15, 0.2) is 0 Å². The molecule has 27 heavy (non-hydrogen) atoms. The lowest BCUT2D eigenvalue weighted by molar-refractivity contribution is -0.524. The number of nitrogens with zero attached hydrogens (tertiary/aromatic N) is 3. The predicted molar refractivity (Wildman–Crippen MR) is 107 cm³/mol. The number of carbonyl (C=O) groups excluding carboxylic acids is 1. The Morgan fingerprint density at radius 2 is 1.33 bits per heavy atom. The van der Waals surface area contributed by atoms with E-state index >= 15 is 0 Å². The lowest BCUT2D eigenvalue weighted by Crippen LogP contribution is -2.23. The van der Waals surface area contributed by atoms with Gasteiger partial charge < -0.3 is 15.4 Å². The largest absolute Gasteiger partial charge is 0.492 e. The van der Waals surface area contributed by atoms with Crippen LogP contribution in [0.4, 0.5) is 0 Å². The van der Waals surface area contributed by atoms with Crippen LogP contribution >= 0.6 is 11.6 Å². The zero-order valence-corrected chi connectivity index (χ0v) is 15.1. The molecule has 0 spiro atoms. The minimum absolute atomic E-state index is 0.522. The first-order valence-electron chi connectivity index (χ1n) is 8.49. The van der Waals surface area contributed by atoms with Crippen molar-refractivity contribution in [1.29, 1.82) is 0 Å². The van der Waals surface area contributed by atoms with Gasteiger partial charge in [-0.25, -0.2) is 4.42 Å². The number of aldehydes is 1. The van der Waals surface area contributed by atoms with Gasteiger partial charge >= 0.3 is 11.9 Å². The molecular weight excluding hydrogens is 358 g/mol. The molecule has 4 aromatic rings. The fourth-order valence-electron chi connectivity index (χ4n) is 2.99. The van der Waals surface area contributed by atoms with E-state index in [1.807, 2.05) is 72.8 Å². The number of benzene rings is 3. The molecule has 132 valence electrons. The third kappa shape index (κ3) is 3.52. The van der Waals surface area contributed by atoms with Gasteiger partial charge in [-0.2, -0.15) is 0 Å². The number of allylic oxidation sites excluding steroid dienone is 1. The monoisotopic (exact) mass is 373 g/mol. The number of aromatic nitrogens is 3. The number of hydrogen-bond donors (Lipinski definition) is 0. The molecule has 1 atom stereocenters. The molecule has 1 aromatic heterocycles. The van der Waals surface area contributed by atoms with Crippen LogP contribution in [0.2, 0.25) is 5.02 Å². The maximum Gasteiger partial charge on any atom is 0.350 e. The van der Waals surface area contributed by atoms with E-state index in [2.05, 4.69) is 33.6 Å². The standard InChI is InChI=1S/C16H12ClO.C6H4N3/c17-15-9-7-14(8-10-15)16(11-4-12-18-16)13-5-2-1-3-6-13;1-2-4-6-5(3-1)7-9-8-6/h1-12H;1-4H/q+1;-1. The molecule has 0 aliphatic carbocycles. The van der Waals surface area contributed by atoms with E-state index in [4.69, 9.17) is 16.0 Å². The molecule has 0 fully saturated rings. The van der Waals surface area contributed by atoms with Crippen LogP contribution in [0.1, 0.15) is 11.1 Å². The third-order valence-electron chi connectivity index (χ3n) is 4.33. The molecular formula is C22H16ClN3O. The Labute approximate surface area is 161 Å². The first-order chi connectivity index (χ1) is 13.3. The van der Waals surface area contributed by atoms with Gasteiger partial charge in [0.1, 0.15) is 0 Å². The van der Waals surface area contributed by atoms with Crippen molar-refractivity contribution in [2.24, 2.45) is 0 Å². The second-order valence-electron chi connectivity index (χ2n) is 6.00. The molecule has 0 bridgehead atoms. The molecule has 5 rings (SSSR count). The summed E-state index contributed by atoms with van der Waals surface area (Å²) in [5, 5.41) is 11.7. The topological polar surface area (TPSA) is 51.2 Å². The molecule has 1 aliphatic heterocycles. The van der Waals surface area contributed by atoms with Gasteiger partial charge in [-0.05, 0) is 48.5 Å². The summed E-state index contributed by atoms with van der Waals surface area (Å²) in [6.07, 6.45) is 5.72. The van der Waals surface area contributed by atoms with Crippen molar-refractivity contribution in [2.45, 2.75) is 5.60 Å². The third-order valence-corrected chi connectivity index (χ3v) is 4.58. The molecule has 3 aromatic carbocycles. The zero-order chi connectivity index (χ0) is 18.5. The van der Waals surface area contributed by atoms with Crippen LogP contribution in [-0.4, -0.2) is 16.5 Å². The summed E-state index contributed by atoms with van der Waals surface area (Å²) in [6, 6.07) is 25.5. The molecule has 0 saturated carbocycles. The van der Waals surface area contributed by atoms with Crippen molar-refractivity contribution >= 4 is 28.9 Å². The Balaban J connectivity index is 0.000000167. The van der Waals surface area contributed by atoms with Crippen molar-refractivity contribution in [3.05, 3.63) is 107 Å². The number of rotatable bonds is 2. The molecule has 0 N–H and O–H groups in total. The Morgan fingerprint density at radius 3 is 1.93 bits per heavy atom. The lowest BCUT2D eigenvalue weighted by atomic mass is 9.86. The molecule has 0 amide bonds. The number of fused-ring (bicyclic) bond motifs is 1. The van der Waals surface area contributed by atoms with Crippen LogP contribution in [0.15, 0.2) is 91.0 Å². The Hall–Kier alpha value is -3.24. The summed E-state index contributed by atoms with van der Waals surface area (Å²) in [4.78, 5) is 0. The van der Waals surface area contributed by atoms with Gasteiger partial charge in [0.05, 0.1) is 22.2 Å². The summed E-state index contributed by atoms with van der Waals surface area (Å²) in [7, 11) is 0. The second kappa shape index (κ2) is 7.56. The summed E-state index contributed by atoms with van der Waals surface area (Å²) >= 11 is 5.94. The second-order valence-corrected chi connectivity index (χ2v) is 6.44. The fraction of sp³-hybridized carbons (Fsp3) is 0.0455. The van der Waals surface area contributed by atoms with E-state index in [1.54, 1.807) is 6.29 Å². The molecule has 5 heteroatoms. The smallest absolute Gasteiger partial charge is 0.350 e. The van der Waals surface area contributed by atoms with E-state index in [9.17, 15) is 0 Å². The van der Waals surface area contributed by atoms with E-state index < -0.39 is 5.60 Å². The molecule has 0 radical (unpaired) electrons. The average Bonchev–Trinajstić information content (AvgIpc) is 3.40. The van der Waals surface area contributed by atoms with Gasteiger partial charge in [-0.1, -0.05) is 41.9 Å². The van der Waals surface area contributed by atoms with Gasteiger partial charge in [0, 0.05) is 17.2 Å². The van der Waals surface area contributed by atoms with E-state index in [0.717, 1.165) is 27.2 Å². The van der Waals surface area contributed by atoms with Crippen LogP contribution in [0, 0.1) is 0 Å². The first kappa shape index (κ1) is 17.2. The predicted octanol–water partition coefficient (Wildman–Crippen LogP) is 4.48. The van der Waals surface area contributed by atoms with Crippen molar-refractivity contribution in [1.82, 2.24) is 15.4 Å². The van der Waals surface area contributed by atoms with Gasteiger partial charge in [-0.15, -0.1) is 0 Å². The van der Waals surface area contributed by atoms with Gasteiger partial charge in [0.2, 0.25) is 0 Å². The van der Waals surface area contributed by atoms with E-state index in [-0.39, 0.29) is 0 Å². The highest BCUT2D eigenvalue weighted by Gasteiger charge is 2.44. The van der Waals surface area contributed by atoms with Crippen LogP contribution in [0.5, 0.6) is 0 Å². The van der Waals surface area contributed by atoms with Crippen LogP contribution in [-0.2, 0) is 10.0 Å². The fourth-order valence-corrected chi connectivity index (χ4v) is 3.12. The molecule has 4 nitrogen and oxygen atoms in total. The first-order valence-corrected chi connectivity index (χ1v) is 8.87. The minimum atomic E-state index is -0.522. The molecule has 2 heterocycles. The summed E-state index contributed by atoms with van der Waals surface area (Å²) < 4.78 is 5.87. The highest BCUT2D eigenvalue weighted by molar-refractivity contribution is 6.30. The SMILES string of the molecule is Clc1ccc(C2(c3ccccc3)C=CC=[O+]2)cc1.c1ccc2n[n-]nc2c1. The zero-order valence-electron chi connectivity index (χ0n) is 14.4.